The van der Waals surface area contributed by atoms with Gasteiger partial charge in [-0.2, -0.15) is 0 Å². The molecule has 0 saturated heterocycles. The number of carbonyl (C=O) groups excluding carboxylic acids is 2. The van der Waals surface area contributed by atoms with E-state index in [9.17, 15) is 9.59 Å². The molecule has 2 rings (SSSR count). The van der Waals surface area contributed by atoms with Crippen LogP contribution in [0.15, 0.2) is 29.2 Å². The first-order valence-corrected chi connectivity index (χ1v) is 8.03. The molecule has 0 bridgehead atoms. The van der Waals surface area contributed by atoms with Crippen molar-refractivity contribution in [3.8, 4) is 0 Å². The van der Waals surface area contributed by atoms with Crippen LogP contribution in [0.5, 0.6) is 0 Å². The summed E-state index contributed by atoms with van der Waals surface area (Å²) < 4.78 is 5.24. The lowest BCUT2D eigenvalue weighted by atomic mass is 9.93. The lowest BCUT2D eigenvalue weighted by molar-refractivity contribution is -0.143. The molecule has 0 fully saturated rings. The number of ether oxygens (including phenoxy) is 1. The third-order valence-electron chi connectivity index (χ3n) is 3.21. The van der Waals surface area contributed by atoms with Crippen LogP contribution in [0, 0.1) is 5.41 Å². The Morgan fingerprint density at radius 1 is 1.33 bits per heavy atom. The highest BCUT2D eigenvalue weighted by Crippen LogP contribution is 2.34. The summed E-state index contributed by atoms with van der Waals surface area (Å²) in [6, 6.07) is 7.63. The lowest BCUT2D eigenvalue weighted by Crippen LogP contribution is -2.40. The minimum absolute atomic E-state index is 0.0133. The maximum Gasteiger partial charge on any atom is 0.326 e. The number of thioether (sulfide) groups is 1. The molecule has 0 aromatic heterocycles. The first-order valence-electron chi connectivity index (χ1n) is 7.05. The fourth-order valence-corrected chi connectivity index (χ4v) is 2.91. The average Bonchev–Trinajstić information content (AvgIpc) is 2.40. The van der Waals surface area contributed by atoms with Gasteiger partial charge in [0.2, 0.25) is 5.91 Å². The molecule has 114 valence electrons. The summed E-state index contributed by atoms with van der Waals surface area (Å²) in [6.45, 7) is 6.68. The molecule has 0 radical (unpaired) electrons. The monoisotopic (exact) mass is 307 g/mol. The number of fused-ring (bicyclic) bond motifs is 1. The minimum atomic E-state index is -0.352. The zero-order chi connectivity index (χ0) is 15.5. The Bertz CT molecular complexity index is 537. The number of esters is 1. The highest BCUT2D eigenvalue weighted by Gasteiger charge is 2.26. The molecular formula is C16H21NO3S. The molecule has 1 aromatic carbocycles. The standard InChI is InChI=1S/C16H21NO3S/c1-16(2,3)8-9-20-15(19)10-17-12-6-4-5-7-13(12)21-11-14(17)18/h4-7H,8-11H2,1-3H3. The van der Waals surface area contributed by atoms with Crippen LogP contribution >= 0.6 is 11.8 Å². The van der Waals surface area contributed by atoms with E-state index in [0.717, 1.165) is 17.0 Å². The molecule has 1 amide bonds. The Morgan fingerprint density at radius 2 is 2.05 bits per heavy atom. The number of nitrogens with zero attached hydrogens (tertiary/aromatic N) is 1. The molecule has 0 spiro atoms. The van der Waals surface area contributed by atoms with E-state index < -0.39 is 0 Å². The maximum absolute atomic E-state index is 12.0. The van der Waals surface area contributed by atoms with Gasteiger partial charge < -0.3 is 4.74 Å². The summed E-state index contributed by atoms with van der Waals surface area (Å²) in [6.07, 6.45) is 0.805. The Labute approximate surface area is 129 Å². The normalized spacial score (nSPS) is 14.8. The van der Waals surface area contributed by atoms with Gasteiger partial charge in [-0.15, -0.1) is 11.8 Å². The van der Waals surface area contributed by atoms with E-state index in [2.05, 4.69) is 20.8 Å². The number of hydrogen-bond acceptors (Lipinski definition) is 4. The van der Waals surface area contributed by atoms with E-state index in [0.29, 0.717) is 12.4 Å². The molecule has 0 saturated carbocycles. The van der Waals surface area contributed by atoms with Crippen molar-refractivity contribution in [3.05, 3.63) is 24.3 Å². The molecule has 0 aliphatic carbocycles. The summed E-state index contributed by atoms with van der Waals surface area (Å²) >= 11 is 1.51. The van der Waals surface area contributed by atoms with Gasteiger partial charge in [0.25, 0.3) is 0 Å². The Hall–Kier alpha value is -1.49. The van der Waals surface area contributed by atoms with E-state index in [-0.39, 0.29) is 23.8 Å². The number of para-hydroxylation sites is 1. The van der Waals surface area contributed by atoms with Gasteiger partial charge in [-0.25, -0.2) is 0 Å². The largest absolute Gasteiger partial charge is 0.464 e. The van der Waals surface area contributed by atoms with Crippen molar-refractivity contribution in [2.24, 2.45) is 5.41 Å². The molecule has 0 N–H and O–H groups in total. The molecule has 1 heterocycles. The zero-order valence-electron chi connectivity index (χ0n) is 12.7. The molecule has 1 aliphatic rings. The molecule has 1 aliphatic heterocycles. The van der Waals surface area contributed by atoms with Crippen molar-refractivity contribution < 1.29 is 14.3 Å². The lowest BCUT2D eigenvalue weighted by Gasteiger charge is -2.28. The number of anilines is 1. The van der Waals surface area contributed by atoms with Gasteiger partial charge in [0.15, 0.2) is 0 Å². The zero-order valence-corrected chi connectivity index (χ0v) is 13.5. The molecule has 1 aromatic rings. The van der Waals surface area contributed by atoms with Crippen LogP contribution in [-0.2, 0) is 14.3 Å². The van der Waals surface area contributed by atoms with Crippen LogP contribution in [0.3, 0.4) is 0 Å². The van der Waals surface area contributed by atoms with E-state index in [4.69, 9.17) is 4.74 Å². The summed E-state index contributed by atoms with van der Waals surface area (Å²) in [5.74, 6) is -0.0347. The summed E-state index contributed by atoms with van der Waals surface area (Å²) in [5.41, 5.74) is 0.927. The van der Waals surface area contributed by atoms with Crippen LogP contribution in [0.2, 0.25) is 0 Å². The fraction of sp³-hybridized carbons (Fsp3) is 0.500. The summed E-state index contributed by atoms with van der Waals surface area (Å²) in [7, 11) is 0. The number of hydrogen-bond donors (Lipinski definition) is 0. The maximum atomic E-state index is 12.0. The second kappa shape index (κ2) is 6.52. The van der Waals surface area contributed by atoms with Crippen molar-refractivity contribution >= 4 is 29.3 Å². The predicted octanol–water partition coefficient (Wildman–Crippen LogP) is 3.10. The summed E-state index contributed by atoms with van der Waals surface area (Å²) in [5, 5.41) is 0. The molecule has 21 heavy (non-hydrogen) atoms. The Kier molecular flexibility index (Phi) is 4.93. The number of rotatable bonds is 4. The van der Waals surface area contributed by atoms with Crippen molar-refractivity contribution in [1.29, 1.82) is 0 Å². The van der Waals surface area contributed by atoms with Gasteiger partial charge >= 0.3 is 5.97 Å². The molecule has 5 heteroatoms. The van der Waals surface area contributed by atoms with Crippen LogP contribution < -0.4 is 4.90 Å². The average molecular weight is 307 g/mol. The third kappa shape index (κ3) is 4.49. The fourth-order valence-electron chi connectivity index (χ4n) is 1.97. The van der Waals surface area contributed by atoms with Crippen molar-refractivity contribution in [3.63, 3.8) is 0 Å². The van der Waals surface area contributed by atoms with Crippen LogP contribution in [-0.4, -0.2) is 30.8 Å². The second-order valence-electron chi connectivity index (χ2n) is 6.27. The minimum Gasteiger partial charge on any atom is -0.464 e. The topological polar surface area (TPSA) is 46.6 Å². The molecule has 0 atom stereocenters. The van der Waals surface area contributed by atoms with Crippen molar-refractivity contribution in [2.75, 3.05) is 23.8 Å². The van der Waals surface area contributed by atoms with E-state index in [1.165, 1.54) is 16.7 Å². The molecular weight excluding hydrogens is 286 g/mol. The van der Waals surface area contributed by atoms with Crippen LogP contribution in [0.1, 0.15) is 27.2 Å². The van der Waals surface area contributed by atoms with Gasteiger partial charge in [-0.3, -0.25) is 14.5 Å². The van der Waals surface area contributed by atoms with Crippen molar-refractivity contribution in [1.82, 2.24) is 0 Å². The van der Waals surface area contributed by atoms with Crippen LogP contribution in [0.25, 0.3) is 0 Å². The van der Waals surface area contributed by atoms with E-state index >= 15 is 0 Å². The van der Waals surface area contributed by atoms with E-state index in [1.54, 1.807) is 0 Å². The molecule has 4 nitrogen and oxygen atoms in total. The Morgan fingerprint density at radius 3 is 2.76 bits per heavy atom. The van der Waals surface area contributed by atoms with Gasteiger partial charge in [0, 0.05) is 4.90 Å². The van der Waals surface area contributed by atoms with E-state index in [1.807, 2.05) is 24.3 Å². The van der Waals surface area contributed by atoms with Gasteiger partial charge in [-0.1, -0.05) is 32.9 Å². The van der Waals surface area contributed by atoms with Gasteiger partial charge in [0.1, 0.15) is 6.54 Å². The van der Waals surface area contributed by atoms with Gasteiger partial charge in [-0.05, 0) is 24.0 Å². The SMILES string of the molecule is CC(C)(C)CCOC(=O)CN1C(=O)CSc2ccccc21. The smallest absolute Gasteiger partial charge is 0.326 e. The highest BCUT2D eigenvalue weighted by atomic mass is 32.2. The highest BCUT2D eigenvalue weighted by molar-refractivity contribution is 8.00. The number of amides is 1. The second-order valence-corrected chi connectivity index (χ2v) is 7.28. The Balaban J connectivity index is 1.96. The van der Waals surface area contributed by atoms with Crippen LogP contribution in [0.4, 0.5) is 5.69 Å². The third-order valence-corrected chi connectivity index (χ3v) is 4.26. The number of carbonyl (C=O) groups is 2. The number of benzene rings is 1. The molecule has 0 unspecified atom stereocenters. The quantitative estimate of drug-likeness (QED) is 0.802. The first kappa shape index (κ1) is 15.9. The predicted molar refractivity (Wildman–Crippen MR) is 84.6 cm³/mol. The van der Waals surface area contributed by atoms with Crippen molar-refractivity contribution in [2.45, 2.75) is 32.1 Å². The summed E-state index contributed by atoms with van der Waals surface area (Å²) in [4.78, 5) is 26.5. The first-order chi connectivity index (χ1) is 9.87. The van der Waals surface area contributed by atoms with Gasteiger partial charge in [0.05, 0.1) is 18.0 Å².